The predicted octanol–water partition coefficient (Wildman–Crippen LogP) is 6.12. The molecule has 0 radical (unpaired) electrons. The summed E-state index contributed by atoms with van der Waals surface area (Å²) in [6, 6.07) is 21.3. The fourth-order valence-corrected chi connectivity index (χ4v) is 4.44. The van der Waals surface area contributed by atoms with E-state index in [1.54, 1.807) is 48.5 Å². The van der Waals surface area contributed by atoms with Gasteiger partial charge in [0.15, 0.2) is 0 Å². The number of benzene rings is 3. The van der Waals surface area contributed by atoms with Crippen LogP contribution in [0, 0.1) is 0 Å². The van der Waals surface area contributed by atoms with E-state index >= 15 is 0 Å². The van der Waals surface area contributed by atoms with Gasteiger partial charge in [0.2, 0.25) is 5.91 Å². The van der Waals surface area contributed by atoms with Gasteiger partial charge in [-0.1, -0.05) is 53.5 Å². The highest BCUT2D eigenvalue weighted by molar-refractivity contribution is 7.21. The molecule has 0 aliphatic rings. The van der Waals surface area contributed by atoms with Crippen LogP contribution < -0.4 is 10.2 Å². The van der Waals surface area contributed by atoms with Crippen molar-refractivity contribution >= 4 is 62.7 Å². The molecule has 1 N–H and O–H groups in total. The van der Waals surface area contributed by atoms with Crippen LogP contribution in [0.2, 0.25) is 10.0 Å². The Bertz CT molecular complexity index is 1300. The van der Waals surface area contributed by atoms with E-state index in [1.165, 1.54) is 17.6 Å². The van der Waals surface area contributed by atoms with Gasteiger partial charge in [-0.3, -0.25) is 4.79 Å². The van der Waals surface area contributed by atoms with E-state index in [0.717, 1.165) is 21.2 Å². The Balaban J connectivity index is 1.33. The molecule has 3 aromatic carbocycles. The van der Waals surface area contributed by atoms with E-state index in [4.69, 9.17) is 27.9 Å². The summed E-state index contributed by atoms with van der Waals surface area (Å²) in [5.41, 5.74) is 4.05. The number of nitrogens with zero attached hydrogens (tertiary/aromatic N) is 1. The fourth-order valence-electron chi connectivity index (χ4n) is 2.93. The van der Waals surface area contributed by atoms with Crippen molar-refractivity contribution in [3.63, 3.8) is 0 Å². The zero-order chi connectivity index (χ0) is 22.5. The van der Waals surface area contributed by atoms with Gasteiger partial charge in [-0.25, -0.2) is 10.2 Å². The van der Waals surface area contributed by atoms with Crippen LogP contribution in [-0.2, 0) is 11.2 Å². The van der Waals surface area contributed by atoms with E-state index in [2.05, 4.69) is 10.5 Å². The average Bonchev–Trinajstić information content (AvgIpc) is 3.13. The minimum Gasteiger partial charge on any atom is -0.422 e. The number of nitrogens with one attached hydrogen (secondary N) is 1. The zero-order valence-electron chi connectivity index (χ0n) is 16.5. The van der Waals surface area contributed by atoms with Crippen LogP contribution in [0.1, 0.15) is 20.8 Å². The number of amides is 1. The van der Waals surface area contributed by atoms with Crippen molar-refractivity contribution < 1.29 is 14.3 Å². The van der Waals surface area contributed by atoms with E-state index < -0.39 is 5.97 Å². The van der Waals surface area contributed by atoms with Crippen LogP contribution in [-0.4, -0.2) is 18.1 Å². The van der Waals surface area contributed by atoms with Crippen molar-refractivity contribution in [2.75, 3.05) is 0 Å². The normalized spacial score (nSPS) is 11.1. The summed E-state index contributed by atoms with van der Waals surface area (Å²) in [4.78, 5) is 24.9. The number of hydrazone groups is 1. The van der Waals surface area contributed by atoms with Gasteiger partial charge < -0.3 is 4.74 Å². The van der Waals surface area contributed by atoms with Gasteiger partial charge in [0.25, 0.3) is 0 Å². The van der Waals surface area contributed by atoms with Gasteiger partial charge in [-0.05, 0) is 53.6 Å². The number of carbonyl (C=O) groups is 2. The maximum absolute atomic E-state index is 12.5. The number of fused-ring (bicyclic) bond motifs is 1. The molecule has 0 unspecified atom stereocenters. The largest absolute Gasteiger partial charge is 0.422 e. The molecule has 0 aliphatic carbocycles. The smallest absolute Gasteiger partial charge is 0.355 e. The fraction of sp³-hybridized carbons (Fsp3) is 0.0417. The Morgan fingerprint density at radius 3 is 2.41 bits per heavy atom. The molecule has 1 amide bonds. The Labute approximate surface area is 198 Å². The Morgan fingerprint density at radius 2 is 1.69 bits per heavy atom. The van der Waals surface area contributed by atoms with E-state index in [9.17, 15) is 9.59 Å². The lowest BCUT2D eigenvalue weighted by atomic mass is 10.1. The maximum Gasteiger partial charge on any atom is 0.355 e. The third-order valence-corrected chi connectivity index (χ3v) is 6.40. The summed E-state index contributed by atoms with van der Waals surface area (Å²) in [5.74, 6) is -0.367. The average molecular weight is 483 g/mol. The lowest BCUT2D eigenvalue weighted by Crippen LogP contribution is -2.19. The second-order valence-corrected chi connectivity index (χ2v) is 8.66. The minimum absolute atomic E-state index is 0.198. The summed E-state index contributed by atoms with van der Waals surface area (Å²) in [5, 5.41) is 5.80. The molecule has 0 saturated heterocycles. The van der Waals surface area contributed by atoms with Gasteiger partial charge in [0, 0.05) is 15.1 Å². The number of esters is 1. The molecule has 1 heterocycles. The molecule has 4 aromatic rings. The van der Waals surface area contributed by atoms with Gasteiger partial charge in [-0.15, -0.1) is 11.3 Å². The van der Waals surface area contributed by atoms with Crippen molar-refractivity contribution in [2.24, 2.45) is 5.10 Å². The second kappa shape index (κ2) is 9.96. The number of rotatable bonds is 6. The van der Waals surface area contributed by atoms with E-state index in [-0.39, 0.29) is 12.3 Å². The van der Waals surface area contributed by atoms with Crippen LogP contribution in [0.15, 0.2) is 77.9 Å². The highest BCUT2D eigenvalue weighted by Gasteiger charge is 2.18. The molecule has 4 rings (SSSR count). The first kappa shape index (κ1) is 22.0. The summed E-state index contributed by atoms with van der Waals surface area (Å²) in [7, 11) is 0. The molecule has 0 saturated carbocycles. The molecule has 5 nitrogen and oxygen atoms in total. The van der Waals surface area contributed by atoms with Gasteiger partial charge in [0.1, 0.15) is 10.6 Å². The Kier molecular flexibility index (Phi) is 6.85. The molecule has 160 valence electrons. The number of hydrogen-bond acceptors (Lipinski definition) is 5. The lowest BCUT2D eigenvalue weighted by molar-refractivity contribution is -0.120. The molecular weight excluding hydrogens is 467 g/mol. The van der Waals surface area contributed by atoms with Crippen LogP contribution in [0.25, 0.3) is 10.1 Å². The van der Waals surface area contributed by atoms with Crippen molar-refractivity contribution in [3.8, 4) is 5.75 Å². The number of hydrogen-bond donors (Lipinski definition) is 1. The van der Waals surface area contributed by atoms with Gasteiger partial charge >= 0.3 is 5.97 Å². The molecule has 0 spiro atoms. The predicted molar refractivity (Wildman–Crippen MR) is 129 cm³/mol. The maximum atomic E-state index is 12.5. The minimum atomic E-state index is -0.507. The summed E-state index contributed by atoms with van der Waals surface area (Å²) < 4.78 is 6.37. The molecule has 0 bridgehead atoms. The van der Waals surface area contributed by atoms with Crippen molar-refractivity contribution in [1.82, 2.24) is 5.43 Å². The van der Waals surface area contributed by atoms with Crippen molar-refractivity contribution in [2.45, 2.75) is 6.42 Å². The summed E-state index contributed by atoms with van der Waals surface area (Å²) in [6.07, 6.45) is 1.71. The standard InChI is InChI=1S/C24H16Cl2N2O3S/c25-17-9-5-15(6-10-17)13-21(29)28-27-14-16-7-11-18(12-8-16)31-24(30)23-22(26)19-3-1-2-4-20(19)32-23/h1-12,14H,13H2,(H,28,29)/b27-14-. The van der Waals surface area contributed by atoms with Crippen LogP contribution in [0.4, 0.5) is 0 Å². The summed E-state index contributed by atoms with van der Waals surface area (Å²) in [6.45, 7) is 0. The Hall–Kier alpha value is -3.19. The first-order valence-electron chi connectivity index (χ1n) is 9.55. The van der Waals surface area contributed by atoms with Crippen molar-refractivity contribution in [1.29, 1.82) is 0 Å². The number of ether oxygens (including phenoxy) is 1. The zero-order valence-corrected chi connectivity index (χ0v) is 18.9. The molecular formula is C24H16Cl2N2O3S. The van der Waals surface area contributed by atoms with Crippen molar-refractivity contribution in [3.05, 3.63) is 98.8 Å². The van der Waals surface area contributed by atoms with Crippen LogP contribution >= 0.6 is 34.5 Å². The molecule has 0 atom stereocenters. The van der Waals surface area contributed by atoms with Gasteiger partial charge in [-0.2, -0.15) is 5.10 Å². The quantitative estimate of drug-likeness (QED) is 0.156. The molecule has 0 fully saturated rings. The lowest BCUT2D eigenvalue weighted by Gasteiger charge is -2.04. The third-order valence-electron chi connectivity index (χ3n) is 4.49. The first-order chi connectivity index (χ1) is 15.5. The summed E-state index contributed by atoms with van der Waals surface area (Å²) >= 11 is 13.5. The van der Waals surface area contributed by atoms with Crippen LogP contribution in [0.3, 0.4) is 0 Å². The number of thiophene rings is 1. The molecule has 8 heteroatoms. The van der Waals surface area contributed by atoms with E-state index in [1.807, 2.05) is 24.3 Å². The second-order valence-electron chi connectivity index (χ2n) is 6.80. The third kappa shape index (κ3) is 5.34. The topological polar surface area (TPSA) is 67.8 Å². The van der Waals surface area contributed by atoms with E-state index in [0.29, 0.717) is 20.7 Å². The molecule has 32 heavy (non-hydrogen) atoms. The highest BCUT2D eigenvalue weighted by Crippen LogP contribution is 2.35. The SMILES string of the molecule is O=C(Cc1ccc(Cl)cc1)N/N=C\c1ccc(OC(=O)c2sc3ccccc3c2Cl)cc1. The molecule has 1 aromatic heterocycles. The number of carbonyl (C=O) groups excluding carboxylic acids is 2. The first-order valence-corrected chi connectivity index (χ1v) is 11.1. The Morgan fingerprint density at radius 1 is 0.969 bits per heavy atom. The highest BCUT2D eigenvalue weighted by atomic mass is 35.5. The molecule has 0 aliphatic heterocycles. The monoisotopic (exact) mass is 482 g/mol. The number of halogens is 2. The van der Waals surface area contributed by atoms with Crippen LogP contribution in [0.5, 0.6) is 5.75 Å². The van der Waals surface area contributed by atoms with Gasteiger partial charge in [0.05, 0.1) is 17.7 Å².